The van der Waals surface area contributed by atoms with Gasteiger partial charge in [0.2, 0.25) is 5.91 Å². The van der Waals surface area contributed by atoms with Crippen molar-refractivity contribution in [1.29, 1.82) is 0 Å². The number of H-pyrrole nitrogens is 1. The highest BCUT2D eigenvalue weighted by molar-refractivity contribution is 6.05. The monoisotopic (exact) mass is 451 g/mol. The average molecular weight is 452 g/mol. The molecule has 2 aromatic heterocycles. The molecule has 3 unspecified atom stereocenters. The Morgan fingerprint density at radius 2 is 1.82 bits per heavy atom. The summed E-state index contributed by atoms with van der Waals surface area (Å²) in [6.07, 6.45) is 6.37. The van der Waals surface area contributed by atoms with Crippen LogP contribution in [0.3, 0.4) is 0 Å². The molecule has 0 radical (unpaired) electrons. The Morgan fingerprint density at radius 1 is 0.941 bits per heavy atom. The highest BCUT2D eigenvalue weighted by Crippen LogP contribution is 2.48. The molecule has 34 heavy (non-hydrogen) atoms. The molecule has 2 aromatic carbocycles. The summed E-state index contributed by atoms with van der Waals surface area (Å²) in [5.74, 6) is 2.61. The second kappa shape index (κ2) is 8.41. The van der Waals surface area contributed by atoms with Gasteiger partial charge in [-0.1, -0.05) is 12.5 Å². The summed E-state index contributed by atoms with van der Waals surface area (Å²) >= 11 is 0. The van der Waals surface area contributed by atoms with Crippen LogP contribution in [0.15, 0.2) is 66.9 Å². The maximum Gasteiger partial charge on any atom is 0.256 e. The Morgan fingerprint density at radius 3 is 2.56 bits per heavy atom. The van der Waals surface area contributed by atoms with E-state index in [0.717, 1.165) is 29.1 Å². The van der Waals surface area contributed by atoms with Crippen LogP contribution in [-0.2, 0) is 4.79 Å². The Labute approximate surface area is 197 Å². The molecule has 170 valence electrons. The topological polar surface area (TPSA) is 99.8 Å². The number of hydrogen-bond acceptors (Lipinski definition) is 4. The number of carbonyl (C=O) groups excluding carboxylic acids is 2. The van der Waals surface area contributed by atoms with E-state index in [2.05, 4.69) is 25.6 Å². The van der Waals surface area contributed by atoms with Crippen LogP contribution in [0.25, 0.3) is 22.4 Å². The number of anilines is 2. The second-order valence-electron chi connectivity index (χ2n) is 9.33. The number of nitrogens with zero attached hydrogens (tertiary/aromatic N) is 2. The lowest BCUT2D eigenvalue weighted by Crippen LogP contribution is -2.27. The molecule has 7 heteroatoms. The zero-order chi connectivity index (χ0) is 23.1. The van der Waals surface area contributed by atoms with Gasteiger partial charge in [-0.05, 0) is 85.7 Å². The number of amides is 2. The largest absolute Gasteiger partial charge is 0.338 e. The van der Waals surface area contributed by atoms with Crippen LogP contribution in [0, 0.1) is 17.8 Å². The van der Waals surface area contributed by atoms with Gasteiger partial charge in [-0.3, -0.25) is 9.59 Å². The second-order valence-corrected chi connectivity index (χ2v) is 9.33. The number of aromatic amines is 1. The highest BCUT2D eigenvalue weighted by atomic mass is 16.2. The summed E-state index contributed by atoms with van der Waals surface area (Å²) in [6, 6.07) is 18.5. The fourth-order valence-corrected chi connectivity index (χ4v) is 5.42. The third-order valence-corrected chi connectivity index (χ3v) is 7.15. The molecule has 2 aliphatic carbocycles. The molecular weight excluding hydrogens is 426 g/mol. The Hall–Kier alpha value is -4.00. The molecule has 3 N–H and O–H groups in total. The van der Waals surface area contributed by atoms with Crippen molar-refractivity contribution >= 4 is 34.4 Å². The van der Waals surface area contributed by atoms with E-state index >= 15 is 0 Å². The number of benzene rings is 2. The van der Waals surface area contributed by atoms with Crippen LogP contribution in [-0.4, -0.2) is 26.8 Å². The molecule has 2 saturated carbocycles. The maximum absolute atomic E-state index is 12.7. The molecule has 0 saturated heterocycles. The van der Waals surface area contributed by atoms with Crippen LogP contribution in [0.4, 0.5) is 11.5 Å². The van der Waals surface area contributed by atoms with Crippen LogP contribution < -0.4 is 10.6 Å². The van der Waals surface area contributed by atoms with Crippen molar-refractivity contribution in [2.45, 2.75) is 25.7 Å². The summed E-state index contributed by atoms with van der Waals surface area (Å²) in [5.41, 5.74) is 3.78. The first-order valence-corrected chi connectivity index (χ1v) is 11.8. The van der Waals surface area contributed by atoms with Crippen LogP contribution in [0.2, 0.25) is 0 Å². The van der Waals surface area contributed by atoms with Gasteiger partial charge in [-0.2, -0.15) is 0 Å². The van der Waals surface area contributed by atoms with Gasteiger partial charge in [0.05, 0.1) is 11.0 Å². The number of pyridine rings is 1. The van der Waals surface area contributed by atoms with Gasteiger partial charge < -0.3 is 15.6 Å². The van der Waals surface area contributed by atoms with Crippen molar-refractivity contribution in [2.75, 3.05) is 10.6 Å². The van der Waals surface area contributed by atoms with Crippen molar-refractivity contribution in [3.63, 3.8) is 0 Å². The van der Waals surface area contributed by atoms with Gasteiger partial charge in [-0.15, -0.1) is 0 Å². The predicted octanol–water partition coefficient (Wildman–Crippen LogP) is 5.25. The molecule has 2 aliphatic rings. The summed E-state index contributed by atoms with van der Waals surface area (Å²) in [6.45, 7) is 0. The van der Waals surface area contributed by atoms with Gasteiger partial charge in [-0.25, -0.2) is 9.97 Å². The zero-order valence-electron chi connectivity index (χ0n) is 18.6. The Balaban J connectivity index is 1.16. The Bertz CT molecular complexity index is 1360. The van der Waals surface area contributed by atoms with E-state index in [1.165, 1.54) is 19.3 Å². The summed E-state index contributed by atoms with van der Waals surface area (Å²) in [7, 11) is 0. The highest BCUT2D eigenvalue weighted by Gasteiger charge is 2.43. The van der Waals surface area contributed by atoms with Crippen LogP contribution >= 0.6 is 0 Å². The van der Waals surface area contributed by atoms with E-state index in [0.29, 0.717) is 28.6 Å². The Kier molecular flexibility index (Phi) is 5.09. The van der Waals surface area contributed by atoms with Gasteiger partial charge in [0.15, 0.2) is 0 Å². The molecule has 3 atom stereocenters. The lowest BCUT2D eigenvalue weighted by atomic mass is 9.88. The molecule has 2 fully saturated rings. The quantitative estimate of drug-likeness (QED) is 0.386. The van der Waals surface area contributed by atoms with Crippen molar-refractivity contribution in [3.05, 3.63) is 72.4 Å². The van der Waals surface area contributed by atoms with Gasteiger partial charge in [0.25, 0.3) is 5.91 Å². The van der Waals surface area contributed by atoms with Crippen molar-refractivity contribution in [2.24, 2.45) is 17.8 Å². The van der Waals surface area contributed by atoms with Gasteiger partial charge >= 0.3 is 0 Å². The van der Waals surface area contributed by atoms with Gasteiger partial charge in [0, 0.05) is 28.9 Å². The number of imidazole rings is 1. The molecule has 6 rings (SSSR count). The summed E-state index contributed by atoms with van der Waals surface area (Å²) < 4.78 is 0. The number of carbonyl (C=O) groups is 2. The zero-order valence-corrected chi connectivity index (χ0v) is 18.6. The standard InChI is InChI=1S/C27H25N5O2/c33-26(32-24-3-1-2-12-28-24)19-8-11-22-23(15-19)31-25(30-22)17-6-9-20(10-7-17)29-27(34)21-14-16-4-5-18(21)13-16/h1-3,6-12,15-16,18,21H,4-5,13-14H2,(H,29,34)(H,30,31)(H,28,32,33). The molecule has 4 aromatic rings. The normalized spacial score (nSPS) is 21.0. The lowest BCUT2D eigenvalue weighted by Gasteiger charge is -2.20. The van der Waals surface area contributed by atoms with E-state index in [1.54, 1.807) is 30.5 Å². The van der Waals surface area contributed by atoms with E-state index in [1.807, 2.05) is 36.4 Å². The number of rotatable bonds is 5. The molecule has 2 amide bonds. The first-order valence-electron chi connectivity index (χ1n) is 11.8. The maximum atomic E-state index is 12.7. The van der Waals surface area contributed by atoms with Crippen LogP contribution in [0.5, 0.6) is 0 Å². The van der Waals surface area contributed by atoms with E-state index in [-0.39, 0.29) is 17.7 Å². The molecular formula is C27H25N5O2. The smallest absolute Gasteiger partial charge is 0.256 e. The van der Waals surface area contributed by atoms with Crippen molar-refractivity contribution < 1.29 is 9.59 Å². The minimum atomic E-state index is -0.235. The first kappa shape index (κ1) is 20.6. The summed E-state index contributed by atoms with van der Waals surface area (Å²) in [5, 5.41) is 5.88. The molecule has 0 spiro atoms. The number of hydrogen-bond donors (Lipinski definition) is 3. The molecule has 0 aliphatic heterocycles. The molecule has 7 nitrogen and oxygen atoms in total. The van der Waals surface area contributed by atoms with Crippen LogP contribution in [0.1, 0.15) is 36.0 Å². The minimum absolute atomic E-state index is 0.153. The van der Waals surface area contributed by atoms with E-state index < -0.39 is 0 Å². The number of nitrogens with one attached hydrogen (secondary N) is 3. The van der Waals surface area contributed by atoms with E-state index in [9.17, 15) is 9.59 Å². The lowest BCUT2D eigenvalue weighted by molar-refractivity contribution is -0.121. The summed E-state index contributed by atoms with van der Waals surface area (Å²) in [4.78, 5) is 37.4. The first-order chi connectivity index (χ1) is 16.6. The SMILES string of the molecule is O=C(Nc1ccccn1)c1ccc2[nH]c(-c3ccc(NC(=O)C4CC5CCC4C5)cc3)nc2c1. The molecule has 2 bridgehead atoms. The number of aromatic nitrogens is 3. The molecule has 2 heterocycles. The van der Waals surface area contributed by atoms with Gasteiger partial charge in [0.1, 0.15) is 11.6 Å². The van der Waals surface area contributed by atoms with Crippen molar-refractivity contribution in [3.8, 4) is 11.4 Å². The fraction of sp³-hybridized carbons (Fsp3) is 0.259. The third kappa shape index (κ3) is 3.94. The minimum Gasteiger partial charge on any atom is -0.338 e. The predicted molar refractivity (Wildman–Crippen MR) is 131 cm³/mol. The third-order valence-electron chi connectivity index (χ3n) is 7.15. The fourth-order valence-electron chi connectivity index (χ4n) is 5.42. The number of fused-ring (bicyclic) bond motifs is 3. The van der Waals surface area contributed by atoms with E-state index in [4.69, 9.17) is 0 Å². The average Bonchev–Trinajstić information content (AvgIpc) is 3.60. The van der Waals surface area contributed by atoms with Crippen molar-refractivity contribution in [1.82, 2.24) is 15.0 Å².